The number of ether oxygens (including phenoxy) is 6. The van der Waals surface area contributed by atoms with Crippen molar-refractivity contribution >= 4 is 59.2 Å². The first kappa shape index (κ1) is 42.4. The molecule has 0 aliphatic heterocycles. The SMILES string of the molecule is COCCOCCOC(=O)C[C@H](NC(=O)CP(=O)(OCCCSC(C)=O)OCCCSC(C)=O)C(=O)OCCOCCOC. The van der Waals surface area contributed by atoms with Gasteiger partial charge in [-0.25, -0.2) is 4.79 Å². The predicted octanol–water partition coefficient (Wildman–Crippen LogP) is 1.84. The van der Waals surface area contributed by atoms with Crippen LogP contribution in [0.4, 0.5) is 0 Å². The van der Waals surface area contributed by atoms with Crippen molar-refractivity contribution in [1.82, 2.24) is 5.32 Å². The summed E-state index contributed by atoms with van der Waals surface area (Å²) in [6.07, 6.45) is -0.591. The molecule has 0 aromatic carbocycles. The second kappa shape index (κ2) is 27.7. The molecular formula is C26H46NO14PS2. The van der Waals surface area contributed by atoms with Crippen LogP contribution in [0, 0.1) is 0 Å². The number of thioether (sulfide) groups is 2. The van der Waals surface area contributed by atoms with Gasteiger partial charge >= 0.3 is 19.5 Å². The lowest BCUT2D eigenvalue weighted by Crippen LogP contribution is -2.45. The molecule has 15 nitrogen and oxygen atoms in total. The van der Waals surface area contributed by atoms with Gasteiger partial charge in [0, 0.05) is 39.6 Å². The lowest BCUT2D eigenvalue weighted by molar-refractivity contribution is -0.155. The molecule has 0 fully saturated rings. The molecule has 0 radical (unpaired) electrons. The highest BCUT2D eigenvalue weighted by molar-refractivity contribution is 8.13. The molecule has 0 saturated heterocycles. The van der Waals surface area contributed by atoms with Gasteiger partial charge in [-0.05, 0) is 12.8 Å². The predicted molar refractivity (Wildman–Crippen MR) is 164 cm³/mol. The quantitative estimate of drug-likeness (QED) is 0.0710. The standard InChI is InChI=1S/C26H46NO14PS2/c1-21(28)43-17-5-7-40-42(33,41-8-6-18-44-22(2)29)20-24(30)27-23(26(32)39-16-14-37-12-10-35-4)19-25(31)38-15-13-36-11-9-34-3/h23H,5-20H2,1-4H3,(H,27,30)/t23-/m0/s1. The van der Waals surface area contributed by atoms with Gasteiger partial charge in [0.25, 0.3) is 0 Å². The Balaban J connectivity index is 5.27. The van der Waals surface area contributed by atoms with Crippen molar-refractivity contribution in [3.8, 4) is 0 Å². The zero-order valence-corrected chi connectivity index (χ0v) is 28.4. The zero-order valence-electron chi connectivity index (χ0n) is 25.9. The molecule has 1 atom stereocenters. The van der Waals surface area contributed by atoms with E-state index in [1.807, 2.05) is 0 Å². The number of carbonyl (C=O) groups is 5. The lowest BCUT2D eigenvalue weighted by atomic mass is 10.2. The van der Waals surface area contributed by atoms with Crippen molar-refractivity contribution in [2.75, 3.05) is 98.0 Å². The fraction of sp³-hybridized carbons (Fsp3) is 0.808. The van der Waals surface area contributed by atoms with E-state index < -0.39 is 44.1 Å². The summed E-state index contributed by atoms with van der Waals surface area (Å²) in [6.45, 7) is 3.95. The first-order chi connectivity index (χ1) is 21.0. The molecule has 256 valence electrons. The van der Waals surface area contributed by atoms with E-state index in [1.54, 1.807) is 0 Å². The molecule has 0 spiro atoms. The van der Waals surface area contributed by atoms with Crippen molar-refractivity contribution in [3.63, 3.8) is 0 Å². The van der Waals surface area contributed by atoms with Crippen LogP contribution in [-0.4, -0.2) is 132 Å². The van der Waals surface area contributed by atoms with Crippen LogP contribution < -0.4 is 5.32 Å². The van der Waals surface area contributed by atoms with E-state index in [1.165, 1.54) is 28.1 Å². The van der Waals surface area contributed by atoms with Crippen LogP contribution in [0.5, 0.6) is 0 Å². The molecule has 1 N–H and O–H groups in total. The van der Waals surface area contributed by atoms with Gasteiger partial charge in [0.2, 0.25) is 5.91 Å². The molecule has 0 aliphatic carbocycles. The van der Waals surface area contributed by atoms with E-state index in [-0.39, 0.29) is 56.5 Å². The van der Waals surface area contributed by atoms with Gasteiger partial charge in [-0.3, -0.25) is 23.7 Å². The number of hydrogen-bond acceptors (Lipinski definition) is 16. The molecule has 1 amide bonds. The Bertz CT molecular complexity index is 867. The van der Waals surface area contributed by atoms with Crippen molar-refractivity contribution in [2.45, 2.75) is 39.2 Å². The fourth-order valence-electron chi connectivity index (χ4n) is 2.93. The van der Waals surface area contributed by atoms with Crippen molar-refractivity contribution < 1.29 is 66.0 Å². The summed E-state index contributed by atoms with van der Waals surface area (Å²) in [5.74, 6) is -1.79. The molecule has 0 saturated carbocycles. The van der Waals surface area contributed by atoms with Gasteiger partial charge in [0.15, 0.2) is 10.2 Å². The minimum atomic E-state index is -4.02. The Kier molecular flexibility index (Phi) is 26.7. The van der Waals surface area contributed by atoms with Gasteiger partial charge in [0.1, 0.15) is 25.4 Å². The molecule has 18 heteroatoms. The molecule has 0 aromatic heterocycles. The Morgan fingerprint density at radius 2 is 1.16 bits per heavy atom. The average Bonchev–Trinajstić information content (AvgIpc) is 2.95. The number of rotatable bonds is 28. The Morgan fingerprint density at radius 1 is 0.682 bits per heavy atom. The second-order valence-electron chi connectivity index (χ2n) is 8.75. The van der Waals surface area contributed by atoms with E-state index in [0.717, 1.165) is 23.5 Å². The lowest BCUT2D eigenvalue weighted by Gasteiger charge is -2.21. The van der Waals surface area contributed by atoms with Crippen LogP contribution in [0.25, 0.3) is 0 Å². The summed E-state index contributed by atoms with van der Waals surface area (Å²) in [5, 5.41) is 2.20. The Hall–Kier alpha value is -1.56. The summed E-state index contributed by atoms with van der Waals surface area (Å²) >= 11 is 2.15. The van der Waals surface area contributed by atoms with Gasteiger partial charge in [0.05, 0.1) is 59.3 Å². The van der Waals surface area contributed by atoms with Crippen LogP contribution in [0.3, 0.4) is 0 Å². The van der Waals surface area contributed by atoms with Crippen LogP contribution in [0.2, 0.25) is 0 Å². The van der Waals surface area contributed by atoms with E-state index in [4.69, 9.17) is 37.5 Å². The van der Waals surface area contributed by atoms with E-state index in [0.29, 0.717) is 44.2 Å². The van der Waals surface area contributed by atoms with Crippen LogP contribution in [0.1, 0.15) is 33.1 Å². The topological polar surface area (TPSA) is 188 Å². The fourth-order valence-corrected chi connectivity index (χ4v) is 5.54. The van der Waals surface area contributed by atoms with Gasteiger partial charge < -0.3 is 42.8 Å². The van der Waals surface area contributed by atoms with Crippen molar-refractivity contribution in [1.29, 1.82) is 0 Å². The summed E-state index contributed by atoms with van der Waals surface area (Å²) in [7, 11) is -0.988. The first-order valence-electron chi connectivity index (χ1n) is 13.9. The summed E-state index contributed by atoms with van der Waals surface area (Å²) < 4.78 is 54.8. The number of amides is 1. The molecule has 0 bridgehead atoms. The van der Waals surface area contributed by atoms with E-state index >= 15 is 0 Å². The number of methoxy groups -OCH3 is 2. The maximum absolute atomic E-state index is 13.4. The number of hydrogen-bond donors (Lipinski definition) is 1. The van der Waals surface area contributed by atoms with Gasteiger partial charge in [-0.2, -0.15) is 0 Å². The third-order valence-corrected chi connectivity index (χ3v) is 8.54. The number of nitrogens with one attached hydrogen (secondary N) is 1. The highest BCUT2D eigenvalue weighted by atomic mass is 32.2. The Labute approximate surface area is 267 Å². The van der Waals surface area contributed by atoms with Crippen molar-refractivity contribution in [3.05, 3.63) is 0 Å². The minimum Gasteiger partial charge on any atom is -0.463 e. The van der Waals surface area contributed by atoms with Crippen LogP contribution in [0.15, 0.2) is 0 Å². The average molecular weight is 692 g/mol. The highest BCUT2D eigenvalue weighted by Gasteiger charge is 2.32. The number of carbonyl (C=O) groups excluding carboxylic acids is 5. The van der Waals surface area contributed by atoms with E-state index in [9.17, 15) is 28.5 Å². The van der Waals surface area contributed by atoms with Crippen LogP contribution >= 0.6 is 31.1 Å². The maximum atomic E-state index is 13.4. The second-order valence-corrected chi connectivity index (χ2v) is 13.3. The smallest absolute Gasteiger partial charge is 0.340 e. The molecule has 0 rings (SSSR count). The zero-order chi connectivity index (χ0) is 33.1. The highest BCUT2D eigenvalue weighted by Crippen LogP contribution is 2.48. The largest absolute Gasteiger partial charge is 0.463 e. The molecule has 0 aromatic rings. The van der Waals surface area contributed by atoms with Crippen LogP contribution in [-0.2, 0) is 66.0 Å². The molecule has 44 heavy (non-hydrogen) atoms. The maximum Gasteiger partial charge on any atom is 0.340 e. The normalized spacial score (nSPS) is 12.0. The summed E-state index contributed by atoms with van der Waals surface area (Å²) in [6, 6.07) is -1.46. The Morgan fingerprint density at radius 3 is 1.64 bits per heavy atom. The monoisotopic (exact) mass is 691 g/mol. The summed E-state index contributed by atoms with van der Waals surface area (Å²) in [4.78, 5) is 60.4. The number of esters is 2. The van der Waals surface area contributed by atoms with Gasteiger partial charge in [-0.1, -0.05) is 23.5 Å². The third kappa shape index (κ3) is 25.7. The third-order valence-electron chi connectivity index (χ3n) is 4.92. The molecule has 0 heterocycles. The minimum absolute atomic E-state index is 0.0552. The van der Waals surface area contributed by atoms with Gasteiger partial charge in [-0.15, -0.1) is 0 Å². The summed E-state index contributed by atoms with van der Waals surface area (Å²) in [5.41, 5.74) is 0. The first-order valence-corrected chi connectivity index (χ1v) is 17.6. The molecule has 0 aliphatic rings. The molecule has 0 unspecified atom stereocenters. The van der Waals surface area contributed by atoms with E-state index in [2.05, 4.69) is 5.32 Å². The van der Waals surface area contributed by atoms with Crippen molar-refractivity contribution in [2.24, 2.45) is 0 Å². The molecular weight excluding hydrogens is 645 g/mol.